The lowest BCUT2D eigenvalue weighted by molar-refractivity contribution is -0.141. The predicted octanol–water partition coefficient (Wildman–Crippen LogP) is -1.61. The van der Waals surface area contributed by atoms with Gasteiger partial charge in [-0.25, -0.2) is 0 Å². The van der Waals surface area contributed by atoms with Gasteiger partial charge in [-0.15, -0.1) is 0 Å². The number of carboxylic acids is 2. The van der Waals surface area contributed by atoms with Crippen LogP contribution in [0.25, 0.3) is 0 Å². The lowest BCUT2D eigenvalue weighted by Gasteiger charge is -2.12. The summed E-state index contributed by atoms with van der Waals surface area (Å²) in [6, 6.07) is -1.66. The average Bonchev–Trinajstić information content (AvgIpc) is 2.16. The smallest absolute Gasteiger partial charge is 0.320 e. The number of hydrogen-bond donors (Lipinski definition) is 5. The summed E-state index contributed by atoms with van der Waals surface area (Å²) in [6.45, 7) is 2.25. The molecule has 0 rings (SSSR count). The van der Waals surface area contributed by atoms with E-state index in [1.807, 2.05) is 0 Å². The fourth-order valence-corrected chi connectivity index (χ4v) is 0.864. The summed E-state index contributed by atoms with van der Waals surface area (Å²) in [7, 11) is -3.92. The van der Waals surface area contributed by atoms with Crippen LogP contribution in [0.2, 0.25) is 0 Å². The first-order chi connectivity index (χ1) is 8.01. The second-order valence-corrected chi connectivity index (χ2v) is 4.87. The van der Waals surface area contributed by atoms with Crippen LogP contribution in [0.4, 0.5) is 0 Å². The van der Waals surface area contributed by atoms with E-state index in [0.29, 0.717) is 0 Å². The zero-order valence-corrected chi connectivity index (χ0v) is 10.7. The summed E-state index contributed by atoms with van der Waals surface area (Å²) in [4.78, 5) is 20.4. The molecular weight excluding hydrogens is 270 g/mol. The van der Waals surface area contributed by atoms with Crippen LogP contribution in [0.5, 0.6) is 0 Å². The molecule has 9 nitrogen and oxygen atoms in total. The van der Waals surface area contributed by atoms with Crippen molar-refractivity contribution in [3.63, 3.8) is 0 Å². The van der Waals surface area contributed by atoms with Crippen molar-refractivity contribution in [2.45, 2.75) is 25.9 Å². The van der Waals surface area contributed by atoms with E-state index in [0.717, 1.165) is 0 Å². The summed E-state index contributed by atoms with van der Waals surface area (Å²) in [5.74, 6) is -2.69. The minimum atomic E-state index is -3.92. The lowest BCUT2D eigenvalue weighted by atomic mass is 10.2. The van der Waals surface area contributed by atoms with Gasteiger partial charge in [0.1, 0.15) is 12.1 Å². The highest BCUT2D eigenvalue weighted by Gasteiger charge is 2.17. The molecule has 0 radical (unpaired) electrons. The van der Waals surface area contributed by atoms with E-state index in [4.69, 9.17) is 19.9 Å². The standard InChI is InChI=1S/C6H11NO4.C2H6O4S/c1-3(5(8)9)7-4(2)6(10)11;3-1-2-7(4,5)6/h3-4,7H,1-2H3,(H,8,9)(H,10,11);3H,1-2H2,(H,4,5,6). The molecule has 0 aliphatic rings. The van der Waals surface area contributed by atoms with Gasteiger partial charge in [-0.3, -0.25) is 19.5 Å². The van der Waals surface area contributed by atoms with E-state index in [1.165, 1.54) is 13.8 Å². The summed E-state index contributed by atoms with van der Waals surface area (Å²) in [5.41, 5.74) is 0. The van der Waals surface area contributed by atoms with Crippen molar-refractivity contribution in [3.8, 4) is 0 Å². The van der Waals surface area contributed by atoms with Gasteiger partial charge in [-0.2, -0.15) is 8.42 Å². The zero-order chi connectivity index (χ0) is 14.9. The molecule has 0 amide bonds. The second-order valence-electron chi connectivity index (χ2n) is 3.30. The highest BCUT2D eigenvalue weighted by Crippen LogP contribution is 1.87. The van der Waals surface area contributed by atoms with Gasteiger partial charge < -0.3 is 15.3 Å². The first kappa shape index (κ1) is 19.1. The van der Waals surface area contributed by atoms with Gasteiger partial charge in [0, 0.05) is 0 Å². The third-order valence-corrected chi connectivity index (χ3v) is 2.29. The van der Waals surface area contributed by atoms with Crippen molar-refractivity contribution in [3.05, 3.63) is 0 Å². The lowest BCUT2D eigenvalue weighted by Crippen LogP contribution is -2.43. The van der Waals surface area contributed by atoms with E-state index in [9.17, 15) is 18.0 Å². The number of aliphatic carboxylic acids is 2. The van der Waals surface area contributed by atoms with Crippen LogP contribution >= 0.6 is 0 Å². The van der Waals surface area contributed by atoms with Crippen LogP contribution in [0.15, 0.2) is 0 Å². The summed E-state index contributed by atoms with van der Waals surface area (Å²) < 4.78 is 27.1. The van der Waals surface area contributed by atoms with Crippen molar-refractivity contribution in [2.24, 2.45) is 0 Å². The largest absolute Gasteiger partial charge is 0.480 e. The summed E-state index contributed by atoms with van der Waals surface area (Å²) in [5, 5.41) is 27.0. The van der Waals surface area contributed by atoms with Gasteiger partial charge in [-0.1, -0.05) is 0 Å². The molecule has 0 saturated heterocycles. The minimum absolute atomic E-state index is 0.529. The van der Waals surface area contributed by atoms with Crippen LogP contribution in [0.3, 0.4) is 0 Å². The second kappa shape index (κ2) is 8.80. The number of rotatable bonds is 6. The zero-order valence-electron chi connectivity index (χ0n) is 9.90. The number of nitrogens with one attached hydrogen (secondary N) is 1. The number of aliphatic hydroxyl groups is 1. The molecule has 0 aliphatic heterocycles. The number of aliphatic hydroxyl groups excluding tert-OH is 1. The Morgan fingerprint density at radius 3 is 1.56 bits per heavy atom. The highest BCUT2D eigenvalue weighted by atomic mass is 32.2. The monoisotopic (exact) mass is 287 g/mol. The SMILES string of the molecule is CC(NC(C)C(=O)O)C(=O)O.O=S(=O)(O)CCO. The molecule has 10 heteroatoms. The molecule has 5 N–H and O–H groups in total. The maximum absolute atomic E-state index is 10.2. The van der Waals surface area contributed by atoms with Crippen molar-refractivity contribution in [1.29, 1.82) is 0 Å². The molecule has 2 atom stereocenters. The third-order valence-electron chi connectivity index (χ3n) is 1.59. The Bertz CT molecular complexity index is 347. The van der Waals surface area contributed by atoms with Crippen LogP contribution in [0, 0.1) is 0 Å². The molecule has 0 aromatic rings. The van der Waals surface area contributed by atoms with E-state index in [-0.39, 0.29) is 0 Å². The van der Waals surface area contributed by atoms with Crippen LogP contribution in [0.1, 0.15) is 13.8 Å². The maximum atomic E-state index is 10.2. The van der Waals surface area contributed by atoms with Crippen LogP contribution < -0.4 is 5.32 Å². The normalized spacial score (nSPS) is 14.0. The molecule has 0 aliphatic carbocycles. The van der Waals surface area contributed by atoms with E-state index < -0.39 is 46.5 Å². The fourth-order valence-electron chi connectivity index (χ4n) is 0.633. The highest BCUT2D eigenvalue weighted by molar-refractivity contribution is 7.85. The Kier molecular flexibility index (Phi) is 9.35. The average molecular weight is 287 g/mol. The van der Waals surface area contributed by atoms with Crippen LogP contribution in [-0.2, 0) is 19.7 Å². The van der Waals surface area contributed by atoms with Gasteiger partial charge in [0.15, 0.2) is 0 Å². The van der Waals surface area contributed by atoms with E-state index in [2.05, 4.69) is 5.32 Å². The van der Waals surface area contributed by atoms with Gasteiger partial charge in [0.2, 0.25) is 0 Å². The maximum Gasteiger partial charge on any atom is 0.320 e. The van der Waals surface area contributed by atoms with Gasteiger partial charge in [0.05, 0.1) is 12.4 Å². The number of carboxylic acid groups (broad SMARTS) is 2. The summed E-state index contributed by atoms with van der Waals surface area (Å²) >= 11 is 0. The molecule has 2 unspecified atom stereocenters. The molecule has 0 fully saturated rings. The molecule has 0 aromatic carbocycles. The summed E-state index contributed by atoms with van der Waals surface area (Å²) in [6.07, 6.45) is 0. The molecular formula is C8H17NO8S. The number of carbonyl (C=O) groups is 2. The van der Waals surface area contributed by atoms with Gasteiger partial charge in [0.25, 0.3) is 10.1 Å². The predicted molar refractivity (Wildman–Crippen MR) is 60.8 cm³/mol. The Balaban J connectivity index is 0. The Labute approximate surface area is 104 Å². The molecule has 0 heterocycles. The van der Waals surface area contributed by atoms with Crippen molar-refractivity contribution < 1.29 is 37.9 Å². The molecule has 0 bridgehead atoms. The van der Waals surface area contributed by atoms with E-state index >= 15 is 0 Å². The molecule has 0 aromatic heterocycles. The Morgan fingerprint density at radius 2 is 1.44 bits per heavy atom. The van der Waals surface area contributed by atoms with Crippen molar-refractivity contribution >= 4 is 22.1 Å². The fraction of sp³-hybridized carbons (Fsp3) is 0.750. The topological polar surface area (TPSA) is 161 Å². The molecule has 0 spiro atoms. The van der Waals surface area contributed by atoms with Crippen molar-refractivity contribution in [1.82, 2.24) is 5.32 Å². The van der Waals surface area contributed by atoms with Gasteiger partial charge >= 0.3 is 11.9 Å². The molecule has 108 valence electrons. The first-order valence-corrected chi connectivity index (χ1v) is 6.39. The van der Waals surface area contributed by atoms with E-state index in [1.54, 1.807) is 0 Å². The molecule has 18 heavy (non-hydrogen) atoms. The number of hydrogen-bond acceptors (Lipinski definition) is 6. The quantitative estimate of drug-likeness (QED) is 0.362. The Morgan fingerprint density at radius 1 is 1.11 bits per heavy atom. The van der Waals surface area contributed by atoms with Crippen LogP contribution in [-0.4, -0.2) is 64.7 Å². The minimum Gasteiger partial charge on any atom is -0.480 e. The Hall–Kier alpha value is -1.23. The van der Waals surface area contributed by atoms with Gasteiger partial charge in [-0.05, 0) is 13.8 Å². The third kappa shape index (κ3) is 12.8. The first-order valence-electron chi connectivity index (χ1n) is 4.79. The van der Waals surface area contributed by atoms with Crippen molar-refractivity contribution in [2.75, 3.05) is 12.4 Å². The molecule has 0 saturated carbocycles.